The lowest BCUT2D eigenvalue weighted by Crippen LogP contribution is -1.86. The van der Waals surface area contributed by atoms with Crippen molar-refractivity contribution >= 4 is 12.3 Å². The summed E-state index contributed by atoms with van der Waals surface area (Å²) >= 11 is 0. The fourth-order valence-electron chi connectivity index (χ4n) is 0.822. The maximum absolute atomic E-state index is 9.93. The summed E-state index contributed by atoms with van der Waals surface area (Å²) in [6.45, 7) is 5.34. The third kappa shape index (κ3) is 1.68. The number of nitrogens with zero attached hydrogens (tertiary/aromatic N) is 3. The first-order chi connectivity index (χ1) is 5.77. The summed E-state index contributed by atoms with van der Waals surface area (Å²) in [5.74, 6) is 0. The second-order valence-electron chi connectivity index (χ2n) is 2.33. The Labute approximate surface area is 70.2 Å². The second-order valence-corrected chi connectivity index (χ2v) is 2.33. The minimum atomic E-state index is -0.184. The maximum atomic E-state index is 9.93. The highest BCUT2D eigenvalue weighted by Crippen LogP contribution is 2.14. The van der Waals surface area contributed by atoms with Crippen molar-refractivity contribution in [3.8, 4) is 0 Å². The number of hydrogen-bond acceptors (Lipinski definition) is 3. The zero-order valence-corrected chi connectivity index (χ0v) is 6.77. The molecule has 0 aliphatic rings. The van der Waals surface area contributed by atoms with Crippen LogP contribution in [0.5, 0.6) is 0 Å². The van der Waals surface area contributed by atoms with E-state index in [1.165, 1.54) is 6.08 Å². The normalized spacial score (nSPS) is 11.8. The van der Waals surface area contributed by atoms with Gasteiger partial charge in [0, 0.05) is 18.0 Å². The van der Waals surface area contributed by atoms with E-state index in [2.05, 4.69) is 16.7 Å². The molecule has 0 radical (unpaired) electrons. The number of aliphatic imine (C=N–C) groups is 1. The minimum Gasteiger partial charge on any atom is -0.249 e. The number of rotatable bonds is 3. The molecule has 1 atom stereocenters. The van der Waals surface area contributed by atoms with Crippen LogP contribution >= 0.6 is 0 Å². The number of hydrogen-bond donors (Lipinski definition) is 0. The van der Waals surface area contributed by atoms with E-state index in [4.69, 9.17) is 0 Å². The largest absolute Gasteiger partial charge is 0.249 e. The molecule has 0 amide bonds. The van der Waals surface area contributed by atoms with Crippen LogP contribution in [0.25, 0.3) is 6.20 Å². The fourth-order valence-corrected chi connectivity index (χ4v) is 0.822. The molecule has 12 heavy (non-hydrogen) atoms. The highest BCUT2D eigenvalue weighted by atomic mass is 16.1. The van der Waals surface area contributed by atoms with Gasteiger partial charge >= 0.3 is 0 Å². The molecular formula is C8H9N3O. The standard InChI is InChI=1S/C8H9N3O/c1-3-11-5-8(4-10-11)7(2)9-6-12/h3-5,7H,1H2,2H3. The SMILES string of the molecule is C=Cn1cc(C(C)N=C=O)cn1. The molecule has 4 nitrogen and oxygen atoms in total. The van der Waals surface area contributed by atoms with Crippen molar-refractivity contribution in [2.75, 3.05) is 0 Å². The summed E-state index contributed by atoms with van der Waals surface area (Å²) in [5.41, 5.74) is 0.873. The van der Waals surface area contributed by atoms with Gasteiger partial charge in [0.2, 0.25) is 6.08 Å². The average molecular weight is 163 g/mol. The van der Waals surface area contributed by atoms with Gasteiger partial charge in [-0.1, -0.05) is 6.58 Å². The zero-order valence-electron chi connectivity index (χ0n) is 6.77. The van der Waals surface area contributed by atoms with Gasteiger partial charge in [-0.15, -0.1) is 0 Å². The van der Waals surface area contributed by atoms with Crippen LogP contribution in [0.1, 0.15) is 18.5 Å². The Kier molecular flexibility index (Phi) is 2.56. The van der Waals surface area contributed by atoms with Crippen LogP contribution in [0, 0.1) is 0 Å². The molecule has 0 saturated heterocycles. The molecule has 0 saturated carbocycles. The number of carbonyl (C=O) groups excluding carboxylic acids is 1. The molecule has 1 aromatic heterocycles. The van der Waals surface area contributed by atoms with Crippen LogP contribution in [0.3, 0.4) is 0 Å². The molecule has 1 rings (SSSR count). The van der Waals surface area contributed by atoms with Gasteiger partial charge in [0.1, 0.15) is 0 Å². The first-order valence-corrected chi connectivity index (χ1v) is 3.51. The quantitative estimate of drug-likeness (QED) is 0.499. The molecule has 0 aliphatic carbocycles. The van der Waals surface area contributed by atoms with Gasteiger partial charge in [-0.2, -0.15) is 10.1 Å². The van der Waals surface area contributed by atoms with E-state index < -0.39 is 0 Å². The predicted octanol–water partition coefficient (Wildman–Crippen LogP) is 1.38. The van der Waals surface area contributed by atoms with Crippen LogP contribution < -0.4 is 0 Å². The molecule has 0 aromatic carbocycles. The first-order valence-electron chi connectivity index (χ1n) is 3.51. The van der Waals surface area contributed by atoms with Crippen molar-refractivity contribution in [3.63, 3.8) is 0 Å². The van der Waals surface area contributed by atoms with E-state index in [-0.39, 0.29) is 6.04 Å². The summed E-state index contributed by atoms with van der Waals surface area (Å²) in [5, 5.41) is 3.95. The van der Waals surface area contributed by atoms with Crippen LogP contribution in [0.15, 0.2) is 24.0 Å². The van der Waals surface area contributed by atoms with Crippen molar-refractivity contribution < 1.29 is 4.79 Å². The van der Waals surface area contributed by atoms with Crippen molar-refractivity contribution in [3.05, 3.63) is 24.5 Å². The van der Waals surface area contributed by atoms with E-state index >= 15 is 0 Å². The lowest BCUT2D eigenvalue weighted by molar-refractivity contribution is 0.559. The van der Waals surface area contributed by atoms with E-state index in [1.807, 2.05) is 0 Å². The molecule has 0 spiro atoms. The highest BCUT2D eigenvalue weighted by molar-refractivity contribution is 5.35. The zero-order chi connectivity index (χ0) is 8.97. The van der Waals surface area contributed by atoms with Crippen LogP contribution in [-0.2, 0) is 4.79 Å². The van der Waals surface area contributed by atoms with Gasteiger partial charge < -0.3 is 0 Å². The van der Waals surface area contributed by atoms with Gasteiger partial charge in [-0.25, -0.2) is 9.48 Å². The van der Waals surface area contributed by atoms with Gasteiger partial charge in [-0.05, 0) is 6.92 Å². The highest BCUT2D eigenvalue weighted by Gasteiger charge is 2.04. The monoisotopic (exact) mass is 163 g/mol. The molecule has 4 heteroatoms. The molecular weight excluding hydrogens is 154 g/mol. The van der Waals surface area contributed by atoms with Gasteiger partial charge in [0.15, 0.2) is 0 Å². The van der Waals surface area contributed by atoms with Gasteiger partial charge in [0.25, 0.3) is 0 Å². The van der Waals surface area contributed by atoms with Crippen LogP contribution in [0.2, 0.25) is 0 Å². The Morgan fingerprint density at radius 1 is 1.92 bits per heavy atom. The maximum Gasteiger partial charge on any atom is 0.235 e. The summed E-state index contributed by atoms with van der Waals surface area (Å²) in [4.78, 5) is 13.5. The van der Waals surface area contributed by atoms with Crippen molar-refractivity contribution in [1.29, 1.82) is 0 Å². The Bertz CT molecular complexity index is 323. The van der Waals surface area contributed by atoms with Crippen molar-refractivity contribution in [2.45, 2.75) is 13.0 Å². The molecule has 62 valence electrons. The van der Waals surface area contributed by atoms with E-state index in [0.29, 0.717) is 0 Å². The Morgan fingerprint density at radius 3 is 3.17 bits per heavy atom. The number of aromatic nitrogens is 2. The average Bonchev–Trinajstić information content (AvgIpc) is 2.52. The Hall–Kier alpha value is -1.67. The van der Waals surface area contributed by atoms with E-state index in [1.54, 1.807) is 30.2 Å². The summed E-state index contributed by atoms with van der Waals surface area (Å²) in [6, 6.07) is -0.184. The van der Waals surface area contributed by atoms with Crippen molar-refractivity contribution in [1.82, 2.24) is 9.78 Å². The minimum absolute atomic E-state index is 0.184. The molecule has 1 heterocycles. The Balaban J connectivity index is 2.87. The molecule has 0 N–H and O–H groups in total. The first kappa shape index (κ1) is 8.43. The number of isocyanates is 1. The van der Waals surface area contributed by atoms with Crippen LogP contribution in [0.4, 0.5) is 0 Å². The van der Waals surface area contributed by atoms with Gasteiger partial charge in [0.05, 0.1) is 12.2 Å². The summed E-state index contributed by atoms with van der Waals surface area (Å²) in [6.07, 6.45) is 6.48. The molecule has 1 unspecified atom stereocenters. The third-order valence-electron chi connectivity index (χ3n) is 1.54. The predicted molar refractivity (Wildman–Crippen MR) is 45.2 cm³/mol. The molecule has 0 aliphatic heterocycles. The fraction of sp³-hybridized carbons (Fsp3) is 0.250. The third-order valence-corrected chi connectivity index (χ3v) is 1.54. The summed E-state index contributed by atoms with van der Waals surface area (Å²) < 4.78 is 1.56. The lowest BCUT2D eigenvalue weighted by atomic mass is 10.2. The Morgan fingerprint density at radius 2 is 2.67 bits per heavy atom. The smallest absolute Gasteiger partial charge is 0.235 e. The topological polar surface area (TPSA) is 47.2 Å². The summed E-state index contributed by atoms with van der Waals surface area (Å²) in [7, 11) is 0. The van der Waals surface area contributed by atoms with Gasteiger partial charge in [-0.3, -0.25) is 0 Å². The van der Waals surface area contributed by atoms with Crippen molar-refractivity contribution in [2.24, 2.45) is 4.99 Å². The van der Waals surface area contributed by atoms with Crippen LogP contribution in [-0.4, -0.2) is 15.9 Å². The van der Waals surface area contributed by atoms with E-state index in [0.717, 1.165) is 5.56 Å². The van der Waals surface area contributed by atoms with E-state index in [9.17, 15) is 4.79 Å². The second kappa shape index (κ2) is 3.64. The lowest BCUT2D eigenvalue weighted by Gasteiger charge is -1.96. The molecule has 0 bridgehead atoms. The molecule has 1 aromatic rings. The molecule has 0 fully saturated rings.